The second-order valence-corrected chi connectivity index (χ2v) is 10.8. The third-order valence-corrected chi connectivity index (χ3v) is 8.70. The number of carbonyl (C=O) groups excluding carboxylic acids is 3. The third kappa shape index (κ3) is 4.34. The van der Waals surface area contributed by atoms with E-state index in [1.807, 2.05) is 30.3 Å². The van der Waals surface area contributed by atoms with Gasteiger partial charge in [-0.15, -0.1) is 0 Å². The molecule has 1 N–H and O–H groups in total. The van der Waals surface area contributed by atoms with Gasteiger partial charge >= 0.3 is 5.97 Å². The summed E-state index contributed by atoms with van der Waals surface area (Å²) >= 11 is 3.33. The van der Waals surface area contributed by atoms with Gasteiger partial charge in [-0.1, -0.05) is 66.7 Å². The zero-order valence-electron chi connectivity index (χ0n) is 18.6. The fourth-order valence-corrected chi connectivity index (χ4v) is 6.80. The molecule has 2 aromatic rings. The van der Waals surface area contributed by atoms with Crippen molar-refractivity contribution in [1.29, 1.82) is 0 Å². The van der Waals surface area contributed by atoms with Crippen LogP contribution in [0.5, 0.6) is 0 Å². The maximum Gasteiger partial charge on any atom is 0.338 e. The van der Waals surface area contributed by atoms with Gasteiger partial charge in [-0.2, -0.15) is 0 Å². The molecule has 0 aromatic heterocycles. The highest BCUT2D eigenvalue weighted by molar-refractivity contribution is 8.38. The quantitative estimate of drug-likeness (QED) is 0.616. The lowest BCUT2D eigenvalue weighted by atomic mass is 9.90. The van der Waals surface area contributed by atoms with Crippen molar-refractivity contribution in [3.8, 4) is 0 Å². The standard InChI is InChI=1S/C25H25N3O4S2/c29-21(28-20-10-4-3-9-19(20)27-23(31)25(28)11-5-6-12-25)15-32-22(30)18-8-2-1-7-17(18)16-34-24-26-13-14-33-24/h1-4,7-10H,5-6,11-16H2,(H,27,31). The predicted octanol–water partition coefficient (Wildman–Crippen LogP) is 4.48. The van der Waals surface area contributed by atoms with Gasteiger partial charge in [0.25, 0.3) is 11.8 Å². The Kier molecular flexibility index (Phi) is 6.65. The molecule has 1 fully saturated rings. The SMILES string of the molecule is O=C(OCC(=O)N1c2ccccc2NC(=O)C12CCCC2)c1ccccc1CSC1=NCCS1. The second kappa shape index (κ2) is 9.84. The Bertz CT molecular complexity index is 1160. The van der Waals surface area contributed by atoms with Crippen molar-refractivity contribution in [1.82, 2.24) is 0 Å². The minimum Gasteiger partial charge on any atom is -0.452 e. The number of amides is 2. The molecule has 1 spiro atoms. The molecule has 34 heavy (non-hydrogen) atoms. The average Bonchev–Trinajstić information content (AvgIpc) is 3.55. The van der Waals surface area contributed by atoms with Gasteiger partial charge in [0.15, 0.2) is 6.61 Å². The van der Waals surface area contributed by atoms with Crippen LogP contribution in [0, 0.1) is 0 Å². The number of nitrogens with zero attached hydrogens (tertiary/aromatic N) is 2. The molecule has 7 nitrogen and oxygen atoms in total. The van der Waals surface area contributed by atoms with Gasteiger partial charge in [-0.25, -0.2) is 4.79 Å². The largest absolute Gasteiger partial charge is 0.452 e. The molecule has 2 aromatic carbocycles. The van der Waals surface area contributed by atoms with Crippen LogP contribution < -0.4 is 10.2 Å². The Hall–Kier alpha value is -2.78. The number of rotatable bonds is 5. The molecule has 176 valence electrons. The number of hydrogen-bond donors (Lipinski definition) is 1. The molecule has 1 aliphatic carbocycles. The maximum absolute atomic E-state index is 13.4. The molecule has 0 bridgehead atoms. The molecule has 0 unspecified atom stereocenters. The zero-order chi connectivity index (χ0) is 23.5. The number of hydrogen-bond acceptors (Lipinski definition) is 7. The van der Waals surface area contributed by atoms with Crippen LogP contribution >= 0.6 is 23.5 Å². The highest BCUT2D eigenvalue weighted by atomic mass is 32.2. The van der Waals surface area contributed by atoms with Gasteiger partial charge in [-0.05, 0) is 36.6 Å². The molecular weight excluding hydrogens is 470 g/mol. The summed E-state index contributed by atoms with van der Waals surface area (Å²) in [5, 5.41) is 2.96. The third-order valence-electron chi connectivity index (χ3n) is 6.40. The lowest BCUT2D eigenvalue weighted by Gasteiger charge is -2.44. The van der Waals surface area contributed by atoms with Crippen molar-refractivity contribution in [3.63, 3.8) is 0 Å². The summed E-state index contributed by atoms with van der Waals surface area (Å²) in [7, 11) is 0. The van der Waals surface area contributed by atoms with Crippen LogP contribution in [0.15, 0.2) is 53.5 Å². The van der Waals surface area contributed by atoms with Gasteiger partial charge in [0.05, 0.1) is 23.5 Å². The Morgan fingerprint density at radius 1 is 1.12 bits per heavy atom. The second-order valence-electron chi connectivity index (χ2n) is 8.46. The first kappa shape index (κ1) is 23.0. The highest BCUT2D eigenvalue weighted by Gasteiger charge is 2.52. The highest BCUT2D eigenvalue weighted by Crippen LogP contribution is 2.45. The van der Waals surface area contributed by atoms with Crippen molar-refractivity contribution in [2.75, 3.05) is 29.1 Å². The topological polar surface area (TPSA) is 88.1 Å². The van der Waals surface area contributed by atoms with E-state index in [-0.39, 0.29) is 11.8 Å². The lowest BCUT2D eigenvalue weighted by molar-refractivity contribution is -0.129. The van der Waals surface area contributed by atoms with E-state index >= 15 is 0 Å². The van der Waals surface area contributed by atoms with Gasteiger partial charge in [0.1, 0.15) is 9.91 Å². The molecular formula is C25H25N3O4S2. The molecule has 5 rings (SSSR count). The normalized spacial score (nSPS) is 18.4. The molecule has 1 saturated carbocycles. The molecule has 9 heteroatoms. The number of anilines is 2. The van der Waals surface area contributed by atoms with Gasteiger partial charge in [-0.3, -0.25) is 19.5 Å². The van der Waals surface area contributed by atoms with Crippen LogP contribution in [0.25, 0.3) is 0 Å². The van der Waals surface area contributed by atoms with Crippen LogP contribution in [0.1, 0.15) is 41.6 Å². The fraction of sp³-hybridized carbons (Fsp3) is 0.360. The van der Waals surface area contributed by atoms with E-state index in [0.717, 1.165) is 35.1 Å². The Morgan fingerprint density at radius 2 is 1.88 bits per heavy atom. The number of fused-ring (bicyclic) bond motifs is 1. The minimum absolute atomic E-state index is 0.168. The van der Waals surface area contributed by atoms with E-state index in [1.54, 1.807) is 46.6 Å². The van der Waals surface area contributed by atoms with Gasteiger partial charge in [0, 0.05) is 11.5 Å². The maximum atomic E-state index is 13.4. The van der Waals surface area contributed by atoms with Crippen LogP contribution in [0.2, 0.25) is 0 Å². The van der Waals surface area contributed by atoms with Crippen molar-refractivity contribution < 1.29 is 19.1 Å². The van der Waals surface area contributed by atoms with Crippen LogP contribution in [0.3, 0.4) is 0 Å². The number of ether oxygens (including phenoxy) is 1. The number of carbonyl (C=O) groups is 3. The minimum atomic E-state index is -0.925. The summed E-state index contributed by atoms with van der Waals surface area (Å²) in [6.45, 7) is 0.407. The Balaban J connectivity index is 1.32. The predicted molar refractivity (Wildman–Crippen MR) is 137 cm³/mol. The van der Waals surface area contributed by atoms with Crippen LogP contribution in [-0.4, -0.2) is 46.6 Å². The number of thioether (sulfide) groups is 2. The van der Waals surface area contributed by atoms with Gasteiger partial charge < -0.3 is 10.1 Å². The van der Waals surface area contributed by atoms with Crippen LogP contribution in [0.4, 0.5) is 11.4 Å². The Labute approximate surface area is 206 Å². The first-order valence-corrected chi connectivity index (χ1v) is 13.3. The molecule has 0 radical (unpaired) electrons. The summed E-state index contributed by atoms with van der Waals surface area (Å²) in [6.07, 6.45) is 2.92. The Morgan fingerprint density at radius 3 is 2.68 bits per heavy atom. The van der Waals surface area contributed by atoms with Crippen LogP contribution in [-0.2, 0) is 20.1 Å². The van der Waals surface area contributed by atoms with E-state index in [2.05, 4.69) is 10.3 Å². The molecule has 3 aliphatic rings. The fourth-order valence-electron chi connectivity index (χ4n) is 4.79. The summed E-state index contributed by atoms with van der Waals surface area (Å²) in [4.78, 5) is 45.5. The van der Waals surface area contributed by atoms with Crippen molar-refractivity contribution in [2.45, 2.75) is 37.0 Å². The van der Waals surface area contributed by atoms with E-state index in [1.165, 1.54) is 0 Å². The number of aliphatic imine (C=N–C) groups is 1. The lowest BCUT2D eigenvalue weighted by Crippen LogP contribution is -2.61. The smallest absolute Gasteiger partial charge is 0.338 e. The number of benzene rings is 2. The number of esters is 1. The zero-order valence-corrected chi connectivity index (χ0v) is 20.3. The van der Waals surface area contributed by atoms with E-state index in [0.29, 0.717) is 35.5 Å². The van der Waals surface area contributed by atoms with Gasteiger partial charge in [0.2, 0.25) is 0 Å². The van der Waals surface area contributed by atoms with Crippen molar-refractivity contribution in [3.05, 3.63) is 59.7 Å². The van der Waals surface area contributed by atoms with Crippen molar-refractivity contribution >= 4 is 57.1 Å². The first-order valence-electron chi connectivity index (χ1n) is 11.4. The van der Waals surface area contributed by atoms with E-state index in [9.17, 15) is 14.4 Å². The average molecular weight is 496 g/mol. The summed E-state index contributed by atoms with van der Waals surface area (Å²) in [6, 6.07) is 14.5. The summed E-state index contributed by atoms with van der Waals surface area (Å²) in [5.41, 5.74) is 1.61. The summed E-state index contributed by atoms with van der Waals surface area (Å²) < 4.78 is 6.53. The monoisotopic (exact) mass is 495 g/mol. The van der Waals surface area contributed by atoms with Crippen molar-refractivity contribution in [2.24, 2.45) is 4.99 Å². The number of nitrogens with one attached hydrogen (secondary N) is 1. The van der Waals surface area contributed by atoms with E-state index in [4.69, 9.17) is 4.74 Å². The molecule has 2 amide bonds. The molecule has 0 atom stereocenters. The summed E-state index contributed by atoms with van der Waals surface area (Å²) in [5.74, 6) is 0.501. The molecule has 0 saturated heterocycles. The number of para-hydroxylation sites is 2. The molecule has 2 heterocycles. The first-order chi connectivity index (χ1) is 16.6. The van der Waals surface area contributed by atoms with E-state index < -0.39 is 18.1 Å². The molecule has 2 aliphatic heterocycles.